The molecule has 0 radical (unpaired) electrons. The number of benzene rings is 5. The van der Waals surface area contributed by atoms with Crippen molar-refractivity contribution in [3.05, 3.63) is 216 Å². The van der Waals surface area contributed by atoms with Crippen LogP contribution in [0.1, 0.15) is 11.1 Å². The van der Waals surface area contributed by atoms with E-state index in [2.05, 4.69) is 49.7 Å². The number of ether oxygens (including phenoxy) is 3. The van der Waals surface area contributed by atoms with Crippen molar-refractivity contribution in [1.82, 2.24) is 4.98 Å². The summed E-state index contributed by atoms with van der Waals surface area (Å²) >= 11 is 0. The number of halogens is 2. The molecule has 69 heavy (non-hydrogen) atoms. The van der Waals surface area contributed by atoms with Crippen LogP contribution in [0.15, 0.2) is 215 Å². The van der Waals surface area contributed by atoms with Gasteiger partial charge in [-0.1, -0.05) is 42.5 Å². The fourth-order valence-electron chi connectivity index (χ4n) is 5.34. The molecular weight excluding hydrogens is 918 g/mol. The van der Waals surface area contributed by atoms with Gasteiger partial charge in [-0.15, -0.1) is 0 Å². The largest absolute Gasteiger partial charge is 1.00 e. The molecule has 0 bridgehead atoms. The maximum absolute atomic E-state index is 10.2. The molecule has 0 unspecified atom stereocenters. The zero-order valence-electron chi connectivity index (χ0n) is 38.8. The first-order valence-electron chi connectivity index (χ1n) is 20.6. The summed E-state index contributed by atoms with van der Waals surface area (Å²) in [6, 6.07) is 53.8. The van der Waals surface area contributed by atoms with Crippen LogP contribution < -0.4 is 65.4 Å². The molecule has 358 valence electrons. The second-order valence-electron chi connectivity index (χ2n) is 14.0. The van der Waals surface area contributed by atoms with E-state index in [0.29, 0.717) is 11.6 Å². The average Bonchev–Trinajstić information content (AvgIpc) is 3.36. The summed E-state index contributed by atoms with van der Waals surface area (Å²) in [4.78, 5) is 13.5. The number of azo groups is 2. The summed E-state index contributed by atoms with van der Waals surface area (Å²) in [5.41, 5.74) is 22.1. The molecule has 8 rings (SSSR count). The number of nitrogens with zero attached hydrogens (tertiary/aromatic N) is 8. The number of rotatable bonds is 10. The number of aryl methyl sites for hydroxylation is 2. The lowest BCUT2D eigenvalue weighted by Gasteiger charge is -2.02. The third-order valence-corrected chi connectivity index (χ3v) is 9.07. The number of non-ortho nitro benzene ring substituents is 1. The normalized spacial score (nSPS) is 9.81. The molecule has 16 nitrogen and oxygen atoms in total. The van der Waals surface area contributed by atoms with Gasteiger partial charge in [0.2, 0.25) is 0 Å². The summed E-state index contributed by atoms with van der Waals surface area (Å²) in [7, 11) is 8.67. The van der Waals surface area contributed by atoms with Crippen molar-refractivity contribution in [2.75, 3.05) is 38.5 Å². The maximum Gasteiger partial charge on any atom is 0.350 e. The Morgan fingerprint density at radius 2 is 0.884 bits per heavy atom. The van der Waals surface area contributed by atoms with Gasteiger partial charge in [-0.05, 0) is 137 Å². The standard InChI is InChI=1S/C19H19N4.C13H14N3O.C7H7NO3.C7H9NO.C5H6N2.2ClH/c1-23-13-3-2-4-19(23)22-21-18-11-7-16(8-12-18)14-15-5-9-17(20)10-6-15;1-16-10-4-3-5-13(16)15-14-11-6-8-12(17-2)9-7-11;1-11-7-4-2-6(3-5-7)8(9)10;1-9-7-4-2-6(8)3-5-7;6-5-3-1-2-4-7-5;;/h2-13H,14,20H2,1H3;3-10H,1-2H3;2-5H,1H3;2-5H,8H2,1H3;1-4H,(H2,6,7);2*1H/q2*+1;;;;;/p-2. The zero-order valence-corrected chi connectivity index (χ0v) is 40.3. The Morgan fingerprint density at radius 3 is 1.25 bits per heavy atom. The number of pyridine rings is 3. The fraction of sp³-hybridized carbons (Fsp3) is 0.118. The average molecular weight is 973 g/mol. The third kappa shape index (κ3) is 21.6. The topological polar surface area (TPSA) is 219 Å². The number of methoxy groups -OCH3 is 3. The number of nitrogens with two attached hydrogens (primary N) is 3. The van der Waals surface area contributed by atoms with E-state index >= 15 is 0 Å². The smallest absolute Gasteiger partial charge is 0.350 e. The second kappa shape index (κ2) is 31.4. The molecule has 8 aromatic rings. The van der Waals surface area contributed by atoms with Crippen LogP contribution in [0.3, 0.4) is 0 Å². The summed E-state index contributed by atoms with van der Waals surface area (Å²) in [6.45, 7) is 0. The number of hydrogen-bond acceptors (Lipinski definition) is 13. The van der Waals surface area contributed by atoms with Crippen LogP contribution in [0.5, 0.6) is 17.2 Å². The molecule has 6 N–H and O–H groups in total. The Morgan fingerprint density at radius 1 is 0.507 bits per heavy atom. The van der Waals surface area contributed by atoms with Crippen LogP contribution in [0.4, 0.5) is 45.9 Å². The maximum atomic E-state index is 10.2. The molecule has 0 saturated carbocycles. The molecule has 0 aliphatic heterocycles. The van der Waals surface area contributed by atoms with Crippen molar-refractivity contribution < 1.29 is 53.1 Å². The molecule has 0 aliphatic rings. The molecular formula is C51H55Cl2N11O5. The van der Waals surface area contributed by atoms with E-state index in [1.54, 1.807) is 50.7 Å². The van der Waals surface area contributed by atoms with Crippen molar-refractivity contribution in [3.8, 4) is 17.2 Å². The van der Waals surface area contributed by atoms with Gasteiger partial charge in [-0.3, -0.25) is 10.1 Å². The minimum absolute atomic E-state index is 0. The van der Waals surface area contributed by atoms with E-state index in [0.717, 1.165) is 52.3 Å². The first-order chi connectivity index (χ1) is 32.5. The number of nitrogen functional groups attached to an aromatic ring is 3. The lowest BCUT2D eigenvalue weighted by Crippen LogP contribution is -3.00. The highest BCUT2D eigenvalue weighted by atomic mass is 35.5. The minimum atomic E-state index is -0.445. The van der Waals surface area contributed by atoms with Crippen LogP contribution in [-0.4, -0.2) is 31.2 Å². The number of anilines is 3. The molecule has 18 heteroatoms. The van der Waals surface area contributed by atoms with Crippen LogP contribution in [0.25, 0.3) is 0 Å². The highest BCUT2D eigenvalue weighted by Gasteiger charge is 2.06. The second-order valence-corrected chi connectivity index (χ2v) is 14.0. The Balaban J connectivity index is 0.000000313. The first kappa shape index (κ1) is 56.7. The highest BCUT2D eigenvalue weighted by molar-refractivity contribution is 5.44. The molecule has 5 aromatic carbocycles. The van der Waals surface area contributed by atoms with Gasteiger partial charge in [0, 0.05) is 41.8 Å². The third-order valence-electron chi connectivity index (χ3n) is 9.07. The molecule has 0 aliphatic carbocycles. The van der Waals surface area contributed by atoms with Gasteiger partial charge in [0.25, 0.3) is 5.69 Å². The predicted octanol–water partition coefficient (Wildman–Crippen LogP) is 4.59. The summed E-state index contributed by atoms with van der Waals surface area (Å²) in [6.07, 6.45) is 6.42. The van der Waals surface area contributed by atoms with Gasteiger partial charge in [-0.25, -0.2) is 14.1 Å². The van der Waals surface area contributed by atoms with Gasteiger partial charge >= 0.3 is 11.6 Å². The molecule has 0 atom stereocenters. The SMILES string of the molecule is COc1ccc(N)cc1.COc1ccc(N=Nc2cccc[n+]2C)cc1.COc1ccc([N+](=O)[O-])cc1.C[n+]1ccccc1N=Nc1ccc(Cc2ccc(N)cc2)cc1.Nc1ccccn1.[Cl-].[Cl-]. The van der Waals surface area contributed by atoms with Gasteiger partial charge in [-0.2, -0.15) is 0 Å². The summed E-state index contributed by atoms with van der Waals surface area (Å²) in [5.74, 6) is 4.47. The van der Waals surface area contributed by atoms with E-state index in [1.807, 2.05) is 145 Å². The molecule has 3 heterocycles. The van der Waals surface area contributed by atoms with Crippen LogP contribution >= 0.6 is 0 Å². The van der Waals surface area contributed by atoms with Crippen molar-refractivity contribution in [2.45, 2.75) is 6.42 Å². The van der Waals surface area contributed by atoms with E-state index in [4.69, 9.17) is 31.4 Å². The van der Waals surface area contributed by atoms with Crippen molar-refractivity contribution in [2.24, 2.45) is 34.6 Å². The van der Waals surface area contributed by atoms with Gasteiger partial charge < -0.3 is 56.2 Å². The number of hydrogen-bond donors (Lipinski definition) is 3. The number of aromatic nitrogens is 3. The quantitative estimate of drug-likeness (QED) is 0.0574. The van der Waals surface area contributed by atoms with E-state index < -0.39 is 4.92 Å². The minimum Gasteiger partial charge on any atom is -1.00 e. The fourth-order valence-corrected chi connectivity index (χ4v) is 5.34. The van der Waals surface area contributed by atoms with Crippen LogP contribution in [-0.2, 0) is 20.5 Å². The van der Waals surface area contributed by atoms with Gasteiger partial charge in [0.15, 0.2) is 0 Å². The highest BCUT2D eigenvalue weighted by Crippen LogP contribution is 2.21. The number of nitro groups is 1. The monoisotopic (exact) mass is 971 g/mol. The Bertz CT molecular complexity index is 2740. The molecule has 0 spiro atoms. The Hall–Kier alpha value is -8.47. The molecule has 0 saturated heterocycles. The molecule has 0 fully saturated rings. The van der Waals surface area contributed by atoms with E-state index in [9.17, 15) is 10.1 Å². The summed E-state index contributed by atoms with van der Waals surface area (Å²) in [5, 5.41) is 27.1. The predicted molar refractivity (Wildman–Crippen MR) is 262 cm³/mol. The lowest BCUT2D eigenvalue weighted by atomic mass is 10.0. The van der Waals surface area contributed by atoms with Gasteiger partial charge in [0.1, 0.15) is 34.4 Å². The van der Waals surface area contributed by atoms with Crippen LogP contribution in [0.2, 0.25) is 0 Å². The Kier molecular flexibility index (Phi) is 25.8. The molecule has 0 amide bonds. The number of nitro benzene ring substituents is 1. The Labute approximate surface area is 414 Å². The van der Waals surface area contributed by atoms with Crippen LogP contribution in [0, 0.1) is 10.1 Å². The van der Waals surface area contributed by atoms with E-state index in [1.165, 1.54) is 30.4 Å². The zero-order chi connectivity index (χ0) is 48.2. The van der Waals surface area contributed by atoms with E-state index in [-0.39, 0.29) is 30.5 Å². The molecule has 3 aromatic heterocycles. The first-order valence-corrected chi connectivity index (χ1v) is 20.6. The van der Waals surface area contributed by atoms with Crippen molar-refractivity contribution >= 4 is 45.9 Å². The van der Waals surface area contributed by atoms with Gasteiger partial charge in [0.05, 0.1) is 63.0 Å². The lowest BCUT2D eigenvalue weighted by molar-refractivity contribution is -0.658. The summed E-state index contributed by atoms with van der Waals surface area (Å²) < 4.78 is 18.7. The van der Waals surface area contributed by atoms with Crippen molar-refractivity contribution in [3.63, 3.8) is 0 Å². The van der Waals surface area contributed by atoms with Crippen molar-refractivity contribution in [1.29, 1.82) is 0 Å².